The molecule has 0 aliphatic carbocycles. The summed E-state index contributed by atoms with van der Waals surface area (Å²) in [5, 5.41) is 13.0. The average Bonchev–Trinajstić information content (AvgIpc) is 3.62. The highest BCUT2D eigenvalue weighted by molar-refractivity contribution is 7.13. The zero-order valence-electron chi connectivity index (χ0n) is 21.4. The van der Waals surface area contributed by atoms with Gasteiger partial charge in [0.1, 0.15) is 10.8 Å². The molecule has 2 aromatic heterocycles. The first-order valence-electron chi connectivity index (χ1n) is 13.0. The van der Waals surface area contributed by atoms with E-state index in [9.17, 15) is 14.7 Å². The largest absolute Gasteiger partial charge is 0.465 e. The van der Waals surface area contributed by atoms with E-state index in [1.54, 1.807) is 35.7 Å². The Bertz CT molecular complexity index is 1280. The smallest absolute Gasteiger partial charge is 0.413 e. The number of ether oxygens (including phenoxy) is 1. The molecule has 11 heteroatoms. The van der Waals surface area contributed by atoms with E-state index >= 15 is 0 Å². The summed E-state index contributed by atoms with van der Waals surface area (Å²) in [6.45, 7) is 2.67. The van der Waals surface area contributed by atoms with Crippen molar-refractivity contribution in [2.75, 3.05) is 24.6 Å². The van der Waals surface area contributed by atoms with Gasteiger partial charge in [0.05, 0.1) is 11.7 Å². The third-order valence-corrected chi connectivity index (χ3v) is 7.59. The number of carbonyl (C=O) groups is 2. The number of carbonyl (C=O) groups excluding carboxylic acids is 1. The van der Waals surface area contributed by atoms with Crippen LogP contribution in [0.1, 0.15) is 36.9 Å². The van der Waals surface area contributed by atoms with Crippen molar-refractivity contribution in [3.8, 4) is 10.6 Å². The number of hydrogen-bond acceptors (Lipinski definition) is 8. The maximum atomic E-state index is 12.2. The Hall–Kier alpha value is -3.64. The fraction of sp³-hybridized carbons (Fsp3) is 0.357. The predicted octanol–water partition coefficient (Wildman–Crippen LogP) is 4.55. The molecule has 2 fully saturated rings. The van der Waals surface area contributed by atoms with E-state index in [4.69, 9.17) is 14.6 Å². The molecule has 0 spiro atoms. The van der Waals surface area contributed by atoms with Crippen molar-refractivity contribution in [2.45, 2.75) is 44.6 Å². The van der Waals surface area contributed by atoms with Gasteiger partial charge in [-0.1, -0.05) is 30.3 Å². The molecule has 2 aliphatic rings. The second-order valence-electron chi connectivity index (χ2n) is 9.50. The van der Waals surface area contributed by atoms with E-state index in [1.807, 2.05) is 30.3 Å². The van der Waals surface area contributed by atoms with Gasteiger partial charge in [0.2, 0.25) is 0 Å². The van der Waals surface area contributed by atoms with Crippen LogP contribution >= 0.6 is 11.3 Å². The van der Waals surface area contributed by atoms with Crippen LogP contribution in [0, 0.1) is 0 Å². The van der Waals surface area contributed by atoms with E-state index in [-0.39, 0.29) is 6.04 Å². The van der Waals surface area contributed by atoms with Gasteiger partial charge in [0.25, 0.3) is 5.91 Å². The fourth-order valence-electron chi connectivity index (χ4n) is 4.70. The van der Waals surface area contributed by atoms with Crippen LogP contribution in [0.4, 0.5) is 10.6 Å². The number of pyridine rings is 1. The van der Waals surface area contributed by atoms with Crippen molar-refractivity contribution in [3.63, 3.8) is 0 Å². The highest BCUT2D eigenvalue weighted by atomic mass is 32.1. The van der Waals surface area contributed by atoms with E-state index in [0.717, 1.165) is 42.1 Å². The highest BCUT2D eigenvalue weighted by Gasteiger charge is 2.32. The van der Waals surface area contributed by atoms with Crippen molar-refractivity contribution in [1.82, 2.24) is 20.3 Å². The Morgan fingerprint density at radius 2 is 2.08 bits per heavy atom. The van der Waals surface area contributed by atoms with Crippen LogP contribution in [0.2, 0.25) is 0 Å². The minimum atomic E-state index is -1.04. The Kier molecular flexibility index (Phi) is 8.94. The van der Waals surface area contributed by atoms with Crippen LogP contribution in [-0.4, -0.2) is 64.0 Å². The van der Waals surface area contributed by atoms with E-state index in [2.05, 4.69) is 20.7 Å². The lowest BCUT2D eigenvalue weighted by Gasteiger charge is -2.25. The Balaban J connectivity index is 1.14. The van der Waals surface area contributed by atoms with Gasteiger partial charge in [0, 0.05) is 55.9 Å². The molecular weight excluding hydrogens is 518 g/mol. The molecule has 0 saturated carbocycles. The molecule has 5 rings (SSSR count). The lowest BCUT2D eigenvalue weighted by molar-refractivity contribution is -0.198. The normalized spacial score (nSPS) is 19.8. The SMILES string of the molecule is O=C(C=Cc1ccc(N(C(=O)O)[C@@H]2CCN(Cc3csc(-c4ccccc4)n3)C2)nc1)NOC1CCCCO1. The second-order valence-corrected chi connectivity index (χ2v) is 10.4. The molecule has 0 bridgehead atoms. The molecule has 1 aromatic carbocycles. The Labute approximate surface area is 230 Å². The third-order valence-electron chi connectivity index (χ3n) is 6.65. The topological polar surface area (TPSA) is 117 Å². The Morgan fingerprint density at radius 3 is 2.82 bits per heavy atom. The van der Waals surface area contributed by atoms with Crippen LogP contribution in [0.25, 0.3) is 16.6 Å². The van der Waals surface area contributed by atoms with Crippen molar-refractivity contribution in [1.29, 1.82) is 0 Å². The number of amides is 2. The van der Waals surface area contributed by atoms with Crippen molar-refractivity contribution >= 4 is 35.2 Å². The highest BCUT2D eigenvalue weighted by Crippen LogP contribution is 2.27. The minimum absolute atomic E-state index is 0.214. The lowest BCUT2D eigenvalue weighted by Crippen LogP contribution is -2.41. The number of thiazole rings is 1. The quantitative estimate of drug-likeness (QED) is 0.295. The number of carboxylic acid groups (broad SMARTS) is 1. The van der Waals surface area contributed by atoms with Gasteiger partial charge in [-0.2, -0.15) is 0 Å². The summed E-state index contributed by atoms with van der Waals surface area (Å²) in [5.41, 5.74) is 5.11. The van der Waals surface area contributed by atoms with Crippen LogP contribution in [0.3, 0.4) is 0 Å². The maximum Gasteiger partial charge on any atom is 0.413 e. The number of hydroxylamine groups is 1. The first-order chi connectivity index (χ1) is 19.0. The fourth-order valence-corrected chi connectivity index (χ4v) is 5.52. The summed E-state index contributed by atoms with van der Waals surface area (Å²) >= 11 is 1.62. The van der Waals surface area contributed by atoms with Crippen molar-refractivity contribution < 1.29 is 24.3 Å². The monoisotopic (exact) mass is 549 g/mol. The van der Waals surface area contributed by atoms with Gasteiger partial charge in [-0.05, 0) is 43.0 Å². The summed E-state index contributed by atoms with van der Waals surface area (Å²) in [6.07, 6.45) is 6.47. The van der Waals surface area contributed by atoms with E-state index < -0.39 is 18.3 Å². The zero-order valence-corrected chi connectivity index (χ0v) is 22.3. The summed E-state index contributed by atoms with van der Waals surface area (Å²) in [4.78, 5) is 42.2. The summed E-state index contributed by atoms with van der Waals surface area (Å²) in [5.74, 6) is -0.0591. The van der Waals surface area contributed by atoms with Crippen molar-refractivity contribution in [3.05, 3.63) is 71.4 Å². The average molecular weight is 550 g/mol. The number of hydrogen-bond donors (Lipinski definition) is 2. The molecule has 39 heavy (non-hydrogen) atoms. The number of nitrogens with one attached hydrogen (secondary N) is 1. The standard InChI is InChI=1S/C28H31N5O5S/c34-25(31-38-26-8-4-5-15-37-26)12-10-20-9-11-24(29-16-20)33(28(35)36)23-13-14-32(18-23)17-22-19-39-27(30-22)21-6-2-1-3-7-21/h1-3,6-7,9-12,16,19,23,26H,4-5,8,13-15,17-18H2,(H,31,34)(H,35,36)/t23-,26?/m1/s1. The number of aromatic nitrogens is 2. The molecule has 10 nitrogen and oxygen atoms in total. The number of likely N-dealkylation sites (tertiary alicyclic amines) is 1. The second kappa shape index (κ2) is 12.9. The van der Waals surface area contributed by atoms with Crippen molar-refractivity contribution in [2.24, 2.45) is 0 Å². The first-order valence-corrected chi connectivity index (χ1v) is 13.9. The zero-order chi connectivity index (χ0) is 27.0. The molecule has 3 aromatic rings. The van der Waals surface area contributed by atoms with Crippen LogP contribution in [0.5, 0.6) is 0 Å². The number of benzene rings is 1. The van der Waals surface area contributed by atoms with Gasteiger partial charge in [-0.25, -0.2) is 25.1 Å². The van der Waals surface area contributed by atoms with Gasteiger partial charge in [-0.3, -0.25) is 14.6 Å². The molecule has 0 radical (unpaired) electrons. The number of anilines is 1. The molecule has 2 N–H and O–H groups in total. The summed E-state index contributed by atoms with van der Waals surface area (Å²) in [6, 6.07) is 13.3. The molecule has 204 valence electrons. The molecule has 2 atom stereocenters. The third kappa shape index (κ3) is 7.27. The van der Waals surface area contributed by atoms with E-state index in [0.29, 0.717) is 37.5 Å². The van der Waals surface area contributed by atoms with Gasteiger partial charge in [0.15, 0.2) is 6.29 Å². The minimum Gasteiger partial charge on any atom is -0.465 e. The van der Waals surface area contributed by atoms with Crippen LogP contribution < -0.4 is 10.4 Å². The molecule has 4 heterocycles. The predicted molar refractivity (Wildman–Crippen MR) is 148 cm³/mol. The van der Waals surface area contributed by atoms with Gasteiger partial charge < -0.3 is 9.84 Å². The number of nitrogens with zero attached hydrogens (tertiary/aromatic N) is 4. The van der Waals surface area contributed by atoms with Crippen LogP contribution in [0.15, 0.2) is 60.1 Å². The summed E-state index contributed by atoms with van der Waals surface area (Å²) in [7, 11) is 0. The Morgan fingerprint density at radius 1 is 1.21 bits per heavy atom. The molecule has 1 unspecified atom stereocenters. The molecular formula is C28H31N5O5S. The first kappa shape index (κ1) is 26.9. The maximum absolute atomic E-state index is 12.2. The lowest BCUT2D eigenvalue weighted by atomic mass is 10.2. The van der Waals surface area contributed by atoms with Gasteiger partial charge >= 0.3 is 6.09 Å². The molecule has 2 saturated heterocycles. The summed E-state index contributed by atoms with van der Waals surface area (Å²) < 4.78 is 5.41. The molecule has 2 amide bonds. The van der Waals surface area contributed by atoms with Gasteiger partial charge in [-0.15, -0.1) is 11.3 Å². The van der Waals surface area contributed by atoms with E-state index in [1.165, 1.54) is 11.0 Å². The van der Waals surface area contributed by atoms with Crippen LogP contribution in [-0.2, 0) is 20.9 Å². The number of rotatable bonds is 9. The molecule has 2 aliphatic heterocycles.